The normalized spacial score (nSPS) is 14.8. The van der Waals surface area contributed by atoms with Crippen LogP contribution < -0.4 is 16.0 Å². The summed E-state index contributed by atoms with van der Waals surface area (Å²) in [4.78, 5) is 23.7. The number of amides is 3. The molecule has 1 saturated carbocycles. The Morgan fingerprint density at radius 3 is 2.25 bits per heavy atom. The second kappa shape index (κ2) is 9.30. The third kappa shape index (κ3) is 6.60. The number of hydrogen-bond donors (Lipinski definition) is 3. The van der Waals surface area contributed by atoms with E-state index in [1.165, 1.54) is 19.3 Å². The first-order valence-corrected chi connectivity index (χ1v) is 9.07. The van der Waals surface area contributed by atoms with Gasteiger partial charge in [-0.3, -0.25) is 4.79 Å². The summed E-state index contributed by atoms with van der Waals surface area (Å²) in [5.41, 5.74) is 1.48. The standard InChI is InChI=1S/C19H29N3O2/c1-3-4-5-6-7-14(2)20-19(24)22-17-12-10-16(11-13-17)21-18(23)15-8-9-15/h10-15H,3-9H2,1-2H3,(H,21,23)(H2,20,22,24). The lowest BCUT2D eigenvalue weighted by molar-refractivity contribution is -0.117. The number of hydrogen-bond acceptors (Lipinski definition) is 2. The maximum atomic E-state index is 12.0. The molecule has 1 fully saturated rings. The van der Waals surface area contributed by atoms with Crippen LogP contribution >= 0.6 is 0 Å². The van der Waals surface area contributed by atoms with Crippen LogP contribution in [0, 0.1) is 5.92 Å². The van der Waals surface area contributed by atoms with Crippen molar-refractivity contribution in [1.29, 1.82) is 0 Å². The average Bonchev–Trinajstić information content (AvgIpc) is 3.38. The summed E-state index contributed by atoms with van der Waals surface area (Å²) in [6, 6.07) is 7.20. The van der Waals surface area contributed by atoms with E-state index in [0.717, 1.165) is 37.1 Å². The van der Waals surface area contributed by atoms with E-state index in [-0.39, 0.29) is 23.9 Å². The van der Waals surface area contributed by atoms with Crippen molar-refractivity contribution >= 4 is 23.3 Å². The lowest BCUT2D eigenvalue weighted by atomic mass is 10.1. The zero-order chi connectivity index (χ0) is 17.4. The number of carbonyl (C=O) groups is 2. The van der Waals surface area contributed by atoms with Crippen molar-refractivity contribution < 1.29 is 9.59 Å². The summed E-state index contributed by atoms with van der Waals surface area (Å²) in [5.74, 6) is 0.276. The van der Waals surface area contributed by atoms with E-state index >= 15 is 0 Å². The molecule has 3 amide bonds. The van der Waals surface area contributed by atoms with E-state index in [1.807, 2.05) is 19.1 Å². The summed E-state index contributed by atoms with van der Waals surface area (Å²) in [5, 5.41) is 8.67. The van der Waals surface area contributed by atoms with E-state index in [1.54, 1.807) is 12.1 Å². The molecule has 1 atom stereocenters. The first-order chi connectivity index (χ1) is 11.6. The van der Waals surface area contributed by atoms with Gasteiger partial charge in [-0.2, -0.15) is 0 Å². The largest absolute Gasteiger partial charge is 0.335 e. The van der Waals surface area contributed by atoms with Gasteiger partial charge in [0.2, 0.25) is 5.91 Å². The maximum absolute atomic E-state index is 12.0. The van der Waals surface area contributed by atoms with Gasteiger partial charge >= 0.3 is 6.03 Å². The lowest BCUT2D eigenvalue weighted by Gasteiger charge is -2.14. The zero-order valence-electron chi connectivity index (χ0n) is 14.7. The van der Waals surface area contributed by atoms with E-state index in [9.17, 15) is 9.59 Å². The Balaban J connectivity index is 1.70. The van der Waals surface area contributed by atoms with Crippen LogP contribution in [0.4, 0.5) is 16.2 Å². The van der Waals surface area contributed by atoms with Crippen molar-refractivity contribution in [1.82, 2.24) is 5.32 Å². The lowest BCUT2D eigenvalue weighted by Crippen LogP contribution is -2.36. The second-order valence-corrected chi connectivity index (χ2v) is 6.69. The maximum Gasteiger partial charge on any atom is 0.319 e. The minimum atomic E-state index is -0.187. The van der Waals surface area contributed by atoms with E-state index in [4.69, 9.17) is 0 Å². The van der Waals surface area contributed by atoms with Crippen molar-refractivity contribution in [3.05, 3.63) is 24.3 Å². The summed E-state index contributed by atoms with van der Waals surface area (Å²) in [6.45, 7) is 4.22. The quantitative estimate of drug-likeness (QED) is 0.582. The molecule has 0 radical (unpaired) electrons. The minimum absolute atomic E-state index is 0.0883. The molecule has 1 aliphatic carbocycles. The fraction of sp³-hybridized carbons (Fsp3) is 0.579. The van der Waals surface area contributed by atoms with Gasteiger partial charge in [0.05, 0.1) is 0 Å². The smallest absolute Gasteiger partial charge is 0.319 e. The van der Waals surface area contributed by atoms with Gasteiger partial charge in [-0.1, -0.05) is 32.6 Å². The Labute approximate surface area is 144 Å². The predicted molar refractivity (Wildman–Crippen MR) is 98.2 cm³/mol. The molecule has 0 bridgehead atoms. The fourth-order valence-corrected chi connectivity index (χ4v) is 2.57. The van der Waals surface area contributed by atoms with Gasteiger partial charge in [-0.15, -0.1) is 0 Å². The van der Waals surface area contributed by atoms with Gasteiger partial charge in [-0.25, -0.2) is 4.79 Å². The van der Waals surface area contributed by atoms with Crippen LogP contribution in [0.2, 0.25) is 0 Å². The zero-order valence-corrected chi connectivity index (χ0v) is 14.7. The van der Waals surface area contributed by atoms with Crippen LogP contribution in [0.3, 0.4) is 0 Å². The Morgan fingerprint density at radius 2 is 1.67 bits per heavy atom. The highest BCUT2D eigenvalue weighted by atomic mass is 16.2. The van der Waals surface area contributed by atoms with Gasteiger partial charge in [0.1, 0.15) is 0 Å². The highest BCUT2D eigenvalue weighted by Gasteiger charge is 2.29. The SMILES string of the molecule is CCCCCCC(C)NC(=O)Nc1ccc(NC(=O)C2CC2)cc1. The number of nitrogens with one attached hydrogen (secondary N) is 3. The Hall–Kier alpha value is -2.04. The van der Waals surface area contributed by atoms with Gasteiger partial charge in [0, 0.05) is 23.3 Å². The monoisotopic (exact) mass is 331 g/mol. The van der Waals surface area contributed by atoms with Gasteiger partial charge in [0.25, 0.3) is 0 Å². The van der Waals surface area contributed by atoms with Crippen LogP contribution in [0.1, 0.15) is 58.8 Å². The Morgan fingerprint density at radius 1 is 1.04 bits per heavy atom. The van der Waals surface area contributed by atoms with Crippen molar-refractivity contribution in [2.75, 3.05) is 10.6 Å². The van der Waals surface area contributed by atoms with Crippen molar-refractivity contribution in [3.8, 4) is 0 Å². The number of carbonyl (C=O) groups excluding carboxylic acids is 2. The van der Waals surface area contributed by atoms with Crippen molar-refractivity contribution in [2.24, 2.45) is 5.92 Å². The molecule has 5 heteroatoms. The fourth-order valence-electron chi connectivity index (χ4n) is 2.57. The van der Waals surface area contributed by atoms with Crippen LogP contribution in [-0.4, -0.2) is 18.0 Å². The minimum Gasteiger partial charge on any atom is -0.335 e. The molecule has 1 unspecified atom stereocenters. The molecule has 132 valence electrons. The van der Waals surface area contributed by atoms with Crippen LogP contribution in [0.15, 0.2) is 24.3 Å². The van der Waals surface area contributed by atoms with Crippen molar-refractivity contribution in [2.45, 2.75) is 64.8 Å². The molecular weight excluding hydrogens is 302 g/mol. The molecule has 24 heavy (non-hydrogen) atoms. The number of urea groups is 1. The first-order valence-electron chi connectivity index (χ1n) is 9.07. The molecule has 1 aromatic carbocycles. The molecule has 1 aliphatic rings. The molecule has 2 rings (SSSR count). The van der Waals surface area contributed by atoms with Gasteiger partial charge < -0.3 is 16.0 Å². The summed E-state index contributed by atoms with van der Waals surface area (Å²) >= 11 is 0. The highest BCUT2D eigenvalue weighted by Crippen LogP contribution is 2.30. The van der Waals surface area contributed by atoms with Gasteiger partial charge in [-0.05, 0) is 50.5 Å². The Kier molecular flexibility index (Phi) is 7.09. The van der Waals surface area contributed by atoms with E-state index in [0.29, 0.717) is 0 Å². The van der Waals surface area contributed by atoms with Crippen LogP contribution in [0.25, 0.3) is 0 Å². The number of benzene rings is 1. The summed E-state index contributed by atoms with van der Waals surface area (Å²) in [7, 11) is 0. The molecule has 0 aliphatic heterocycles. The molecular formula is C19H29N3O2. The molecule has 3 N–H and O–H groups in total. The molecule has 0 heterocycles. The number of anilines is 2. The van der Waals surface area contributed by atoms with Crippen molar-refractivity contribution in [3.63, 3.8) is 0 Å². The topological polar surface area (TPSA) is 70.2 Å². The van der Waals surface area contributed by atoms with Gasteiger partial charge in [0.15, 0.2) is 0 Å². The molecule has 0 spiro atoms. The molecule has 0 saturated heterocycles. The highest BCUT2D eigenvalue weighted by molar-refractivity contribution is 5.94. The third-order valence-corrected chi connectivity index (χ3v) is 4.23. The summed E-state index contributed by atoms with van der Waals surface area (Å²) < 4.78 is 0. The summed E-state index contributed by atoms with van der Waals surface area (Å²) in [6.07, 6.45) is 7.81. The average molecular weight is 331 g/mol. The molecule has 5 nitrogen and oxygen atoms in total. The Bertz CT molecular complexity index is 538. The molecule has 1 aromatic rings. The number of unbranched alkanes of at least 4 members (excludes halogenated alkanes) is 3. The van der Waals surface area contributed by atoms with E-state index in [2.05, 4.69) is 22.9 Å². The predicted octanol–water partition coefficient (Wildman–Crippen LogP) is 4.52. The van der Waals surface area contributed by atoms with E-state index < -0.39 is 0 Å². The van der Waals surface area contributed by atoms with Crippen LogP contribution in [-0.2, 0) is 4.79 Å². The third-order valence-electron chi connectivity index (χ3n) is 4.23. The number of rotatable bonds is 9. The van der Waals surface area contributed by atoms with Crippen LogP contribution in [0.5, 0.6) is 0 Å². The first kappa shape index (κ1) is 18.3. The molecule has 0 aromatic heterocycles. The second-order valence-electron chi connectivity index (χ2n) is 6.69.